The average Bonchev–Trinajstić information content (AvgIpc) is 3.42. The molecule has 0 amide bonds. The Kier molecular flexibility index (Phi) is 20.1. The Morgan fingerprint density at radius 1 is 0.346 bits per heavy atom. The van der Waals surface area contributed by atoms with Gasteiger partial charge in [-0.2, -0.15) is 0 Å². The highest BCUT2D eigenvalue weighted by atomic mass is 19.1. The first-order chi connectivity index (χ1) is 37.0. The number of esters is 3. The zero-order valence-electron chi connectivity index (χ0n) is 48.2. The smallest absolute Gasteiger partial charge is 0.314 e. The van der Waals surface area contributed by atoms with Gasteiger partial charge in [-0.25, -0.2) is 13.2 Å². The summed E-state index contributed by atoms with van der Waals surface area (Å²) >= 11 is 0. The third kappa shape index (κ3) is 15.2. The molecule has 3 aliphatic carbocycles. The maximum absolute atomic E-state index is 14.7. The summed E-state index contributed by atoms with van der Waals surface area (Å²) in [5.41, 5.74) is 14.7. The highest BCUT2D eigenvalue weighted by Crippen LogP contribution is 2.37. The molecule has 0 spiro atoms. The molecule has 0 aliphatic heterocycles. The zero-order valence-corrected chi connectivity index (χ0v) is 48.2. The maximum Gasteiger partial charge on any atom is 0.314 e. The topological polar surface area (TPSA) is 78.9 Å². The van der Waals surface area contributed by atoms with E-state index in [1.165, 1.54) is 33.9 Å². The third-order valence-electron chi connectivity index (χ3n) is 17.2. The summed E-state index contributed by atoms with van der Waals surface area (Å²) in [5.74, 6) is 0.214. The lowest BCUT2D eigenvalue weighted by molar-refractivity contribution is -0.141. The molecule has 414 valence electrons. The molecule has 6 nitrogen and oxygen atoms in total. The maximum atomic E-state index is 14.7. The van der Waals surface area contributed by atoms with Crippen LogP contribution in [0.1, 0.15) is 148 Å². The van der Waals surface area contributed by atoms with Crippen LogP contribution in [0.2, 0.25) is 0 Å². The Labute approximate surface area is 462 Å². The van der Waals surface area contributed by atoms with Gasteiger partial charge in [-0.15, -0.1) is 0 Å². The summed E-state index contributed by atoms with van der Waals surface area (Å²) in [6.45, 7) is 25.0. The van der Waals surface area contributed by atoms with Crippen LogP contribution < -0.4 is 14.2 Å². The first-order valence-electron chi connectivity index (χ1n) is 28.3. The van der Waals surface area contributed by atoms with E-state index in [2.05, 4.69) is 60.6 Å². The van der Waals surface area contributed by atoms with Gasteiger partial charge in [-0.1, -0.05) is 69.3 Å². The second-order valence-corrected chi connectivity index (χ2v) is 23.3. The molecule has 78 heavy (non-hydrogen) atoms. The average molecular weight is 1060 g/mol. The number of benzene rings is 6. The van der Waals surface area contributed by atoms with Crippen molar-refractivity contribution in [1.29, 1.82) is 0 Å². The van der Waals surface area contributed by atoms with Gasteiger partial charge >= 0.3 is 17.9 Å². The Bertz CT molecular complexity index is 3000. The van der Waals surface area contributed by atoms with Crippen molar-refractivity contribution in [2.45, 2.75) is 160 Å². The minimum Gasteiger partial charge on any atom is -0.426 e. The molecule has 3 fully saturated rings. The van der Waals surface area contributed by atoms with Crippen molar-refractivity contribution in [2.75, 3.05) is 0 Å². The van der Waals surface area contributed by atoms with E-state index >= 15 is 0 Å². The fourth-order valence-electron chi connectivity index (χ4n) is 11.1. The van der Waals surface area contributed by atoms with E-state index in [9.17, 15) is 27.6 Å². The highest BCUT2D eigenvalue weighted by Gasteiger charge is 2.29. The molecule has 0 radical (unpaired) electrons. The molecule has 0 N–H and O–H groups in total. The molecule has 0 saturated heterocycles. The first-order valence-corrected chi connectivity index (χ1v) is 28.3. The Balaban J connectivity index is 0.000000170. The third-order valence-corrected chi connectivity index (χ3v) is 17.2. The number of aryl methyl sites for hydroxylation is 6. The monoisotopic (exact) mass is 1060 g/mol. The van der Waals surface area contributed by atoms with Gasteiger partial charge in [-0.05, 0) is 254 Å². The van der Waals surface area contributed by atoms with Gasteiger partial charge in [0.05, 0.1) is 23.3 Å². The molecule has 0 unspecified atom stereocenters. The van der Waals surface area contributed by atoms with Crippen LogP contribution in [0.4, 0.5) is 13.2 Å². The van der Waals surface area contributed by atoms with Crippen molar-refractivity contribution >= 4 is 17.9 Å². The summed E-state index contributed by atoms with van der Waals surface area (Å²) in [7, 11) is 0. The molecule has 0 heterocycles. The number of hydrogen-bond donors (Lipinski definition) is 0. The van der Waals surface area contributed by atoms with Gasteiger partial charge in [0.25, 0.3) is 0 Å². The Morgan fingerprint density at radius 2 is 0.654 bits per heavy atom. The van der Waals surface area contributed by atoms with Crippen molar-refractivity contribution in [2.24, 2.45) is 35.5 Å². The van der Waals surface area contributed by atoms with Crippen LogP contribution in [0, 0.1) is 115 Å². The minimum absolute atomic E-state index is 0.0589. The fourth-order valence-corrected chi connectivity index (χ4v) is 11.1. The van der Waals surface area contributed by atoms with Crippen molar-refractivity contribution < 1.29 is 41.8 Å². The summed E-state index contributed by atoms with van der Waals surface area (Å²) in [6.07, 6.45) is 11.5. The van der Waals surface area contributed by atoms with E-state index in [-0.39, 0.29) is 52.6 Å². The van der Waals surface area contributed by atoms with Crippen LogP contribution in [0.5, 0.6) is 17.2 Å². The molecule has 0 aromatic heterocycles. The highest BCUT2D eigenvalue weighted by molar-refractivity contribution is 5.78. The lowest BCUT2D eigenvalue weighted by Gasteiger charge is -2.24. The van der Waals surface area contributed by atoms with Crippen LogP contribution in [-0.2, 0) is 14.4 Å². The number of hydrogen-bond acceptors (Lipinski definition) is 6. The number of halogens is 3. The molecular formula is C69H81F3O6. The van der Waals surface area contributed by atoms with E-state index < -0.39 is 17.6 Å². The quantitative estimate of drug-likeness (QED) is 0.106. The minimum atomic E-state index is -0.724. The van der Waals surface area contributed by atoms with E-state index in [0.717, 1.165) is 134 Å². The number of carbonyl (C=O) groups excluding carboxylic acids is 3. The summed E-state index contributed by atoms with van der Waals surface area (Å²) in [5, 5.41) is 0. The van der Waals surface area contributed by atoms with Crippen LogP contribution in [-0.4, -0.2) is 17.9 Å². The second-order valence-electron chi connectivity index (χ2n) is 23.3. The Morgan fingerprint density at radius 3 is 1.03 bits per heavy atom. The second kappa shape index (κ2) is 26.4. The molecule has 6 aromatic carbocycles. The van der Waals surface area contributed by atoms with E-state index in [0.29, 0.717) is 28.7 Å². The lowest BCUT2D eigenvalue weighted by atomic mass is 9.83. The molecule has 3 aliphatic rings. The zero-order chi connectivity index (χ0) is 56.5. The van der Waals surface area contributed by atoms with Crippen molar-refractivity contribution in [3.05, 3.63) is 159 Å². The van der Waals surface area contributed by atoms with E-state index in [1.54, 1.807) is 24.3 Å². The number of ether oxygens (including phenoxy) is 3. The Hall–Kier alpha value is -6.48. The fraction of sp³-hybridized carbons (Fsp3) is 0.435. The summed E-state index contributed by atoms with van der Waals surface area (Å²) in [4.78, 5) is 37.0. The predicted octanol–water partition coefficient (Wildman–Crippen LogP) is 18.4. The van der Waals surface area contributed by atoms with Crippen molar-refractivity contribution in [3.63, 3.8) is 0 Å². The van der Waals surface area contributed by atoms with Gasteiger partial charge < -0.3 is 14.2 Å². The SMILES string of the molecule is Cc1cc(-c2c(F)cc(OC(=O)C3CCC(C)CC3)cc2F)cc(C)c1C.Cc1cc(-c2ccc(OC(=O)C3CCC(C)CC3)cc2)cc(C)c1C.Cc1cc(-c2ccc(OC(=O)C3CCC(C)CC3)cc2F)cc(C)c1C. The first kappa shape index (κ1) is 59.2. The predicted molar refractivity (Wildman–Crippen MR) is 308 cm³/mol. The van der Waals surface area contributed by atoms with Crippen LogP contribution in [0.25, 0.3) is 33.4 Å². The largest absolute Gasteiger partial charge is 0.426 e. The van der Waals surface area contributed by atoms with Crippen LogP contribution in [0.15, 0.2) is 91.0 Å². The summed E-state index contributed by atoms with van der Waals surface area (Å²) < 4.78 is 60.3. The van der Waals surface area contributed by atoms with Gasteiger partial charge in [0.1, 0.15) is 34.7 Å². The molecule has 9 rings (SSSR count). The van der Waals surface area contributed by atoms with Gasteiger partial charge in [0.15, 0.2) is 0 Å². The van der Waals surface area contributed by atoms with Crippen molar-refractivity contribution in [3.8, 4) is 50.6 Å². The van der Waals surface area contributed by atoms with E-state index in [4.69, 9.17) is 14.2 Å². The lowest BCUT2D eigenvalue weighted by Crippen LogP contribution is -2.25. The molecule has 6 aromatic rings. The van der Waals surface area contributed by atoms with Gasteiger partial charge in [0, 0.05) is 23.8 Å². The number of rotatable bonds is 9. The summed E-state index contributed by atoms with van der Waals surface area (Å²) in [6, 6.07) is 26.8. The standard InChI is InChI=1S/C23H26F2O2.C23H27FO2.C23H28O2/c1-13-5-7-17(8-6-13)23(26)27-19-11-20(24)22(21(25)12-19)18-9-14(2)16(4)15(3)10-18;1-14-5-7-18(8-6-14)23(25)26-20-9-10-21(22(24)13-20)19-11-15(2)17(4)16(3)12-19;1-15-5-7-20(8-6-15)23(24)25-22-11-9-19(10-12-22)21-13-16(2)18(4)17(3)14-21/h9-13,17H,5-8H2,1-4H3;9-14,18H,5-8H2,1-4H3;9-15,20H,5-8H2,1-4H3. The van der Waals surface area contributed by atoms with Gasteiger partial charge in [0.2, 0.25) is 0 Å². The normalized spacial score (nSPS) is 20.0. The van der Waals surface area contributed by atoms with Crippen LogP contribution in [0.3, 0.4) is 0 Å². The number of carbonyl (C=O) groups is 3. The van der Waals surface area contributed by atoms with Gasteiger partial charge in [-0.3, -0.25) is 14.4 Å². The van der Waals surface area contributed by atoms with Crippen LogP contribution >= 0.6 is 0 Å². The molecular weight excluding hydrogens is 982 g/mol. The molecule has 0 atom stereocenters. The van der Waals surface area contributed by atoms with Crippen molar-refractivity contribution in [1.82, 2.24) is 0 Å². The molecule has 9 heteroatoms. The molecule has 0 bridgehead atoms. The van der Waals surface area contributed by atoms with E-state index in [1.807, 2.05) is 71.0 Å². The molecule has 3 saturated carbocycles.